The zero-order valence-electron chi connectivity index (χ0n) is 15.6. The summed E-state index contributed by atoms with van der Waals surface area (Å²) < 4.78 is 11.1. The summed E-state index contributed by atoms with van der Waals surface area (Å²) in [6, 6.07) is 10.0. The summed E-state index contributed by atoms with van der Waals surface area (Å²) in [7, 11) is 2.00. The van der Waals surface area contributed by atoms with Crippen molar-refractivity contribution < 1.29 is 9.26 Å². The van der Waals surface area contributed by atoms with Gasteiger partial charge < -0.3 is 19.5 Å². The number of ether oxygens (including phenoxy) is 1. The molecule has 0 atom stereocenters. The van der Waals surface area contributed by atoms with Crippen molar-refractivity contribution in [3.05, 3.63) is 47.3 Å². The lowest BCUT2D eigenvalue weighted by molar-refractivity contribution is 0.281. The summed E-state index contributed by atoms with van der Waals surface area (Å²) in [5.41, 5.74) is 2.18. The largest absolute Gasteiger partial charge is 0.492 e. The summed E-state index contributed by atoms with van der Waals surface area (Å²) in [4.78, 5) is 6.66. The quantitative estimate of drug-likeness (QED) is 0.589. The van der Waals surface area contributed by atoms with E-state index in [2.05, 4.69) is 41.1 Å². The van der Waals surface area contributed by atoms with Gasteiger partial charge in [-0.25, -0.2) is 4.99 Å². The Morgan fingerprint density at radius 3 is 2.68 bits per heavy atom. The standard InChI is InChI=1S/C19H28N4O2/c1-5-16-13-18(25-22-16)14-21-19(20-6-2)23(4)11-12-24-17-9-7-15(3)8-10-17/h7-10,13H,5-6,11-12,14H2,1-4H3,(H,20,21). The first-order chi connectivity index (χ1) is 12.1. The fraction of sp³-hybridized carbons (Fsp3) is 0.474. The van der Waals surface area contributed by atoms with Crippen molar-refractivity contribution in [3.63, 3.8) is 0 Å². The molecule has 1 aromatic carbocycles. The normalized spacial score (nSPS) is 11.4. The van der Waals surface area contributed by atoms with E-state index < -0.39 is 0 Å². The monoisotopic (exact) mass is 344 g/mol. The van der Waals surface area contributed by atoms with Crippen molar-refractivity contribution in [1.82, 2.24) is 15.4 Å². The van der Waals surface area contributed by atoms with Gasteiger partial charge in [0.2, 0.25) is 0 Å². The van der Waals surface area contributed by atoms with Crippen LogP contribution < -0.4 is 10.1 Å². The van der Waals surface area contributed by atoms with E-state index in [1.807, 2.05) is 37.4 Å². The molecule has 6 nitrogen and oxygen atoms in total. The van der Waals surface area contributed by atoms with Gasteiger partial charge in [-0.2, -0.15) is 0 Å². The van der Waals surface area contributed by atoms with Crippen LogP contribution in [0.4, 0.5) is 0 Å². The summed E-state index contributed by atoms with van der Waals surface area (Å²) >= 11 is 0. The highest BCUT2D eigenvalue weighted by molar-refractivity contribution is 5.79. The van der Waals surface area contributed by atoms with Crippen molar-refractivity contribution in [3.8, 4) is 5.75 Å². The predicted molar refractivity (Wildman–Crippen MR) is 100 cm³/mol. The van der Waals surface area contributed by atoms with E-state index in [1.165, 1.54) is 5.56 Å². The maximum Gasteiger partial charge on any atom is 0.194 e. The first-order valence-electron chi connectivity index (χ1n) is 8.75. The zero-order valence-corrected chi connectivity index (χ0v) is 15.6. The molecule has 0 amide bonds. The second kappa shape index (κ2) is 9.71. The number of rotatable bonds is 8. The minimum atomic E-state index is 0.471. The molecule has 136 valence electrons. The second-order valence-electron chi connectivity index (χ2n) is 5.89. The first kappa shape index (κ1) is 18.8. The molecular weight excluding hydrogens is 316 g/mol. The zero-order chi connectivity index (χ0) is 18.1. The molecule has 0 spiro atoms. The van der Waals surface area contributed by atoms with E-state index in [0.717, 1.165) is 42.7 Å². The average molecular weight is 344 g/mol. The van der Waals surface area contributed by atoms with Crippen LogP contribution in [0.5, 0.6) is 5.75 Å². The minimum Gasteiger partial charge on any atom is -0.492 e. The molecule has 0 saturated heterocycles. The van der Waals surface area contributed by atoms with Crippen LogP contribution in [0.25, 0.3) is 0 Å². The van der Waals surface area contributed by atoms with E-state index >= 15 is 0 Å². The van der Waals surface area contributed by atoms with Crippen LogP contribution in [0, 0.1) is 6.92 Å². The van der Waals surface area contributed by atoms with Gasteiger partial charge in [0.15, 0.2) is 11.7 Å². The molecule has 0 aliphatic carbocycles. The van der Waals surface area contributed by atoms with Gasteiger partial charge in [-0.15, -0.1) is 0 Å². The van der Waals surface area contributed by atoms with Crippen molar-refractivity contribution in [2.24, 2.45) is 4.99 Å². The van der Waals surface area contributed by atoms with E-state index in [9.17, 15) is 0 Å². The SMILES string of the molecule is CCNC(=NCc1cc(CC)no1)N(C)CCOc1ccc(C)cc1. The van der Waals surface area contributed by atoms with E-state index in [1.54, 1.807) is 0 Å². The van der Waals surface area contributed by atoms with Crippen LogP contribution >= 0.6 is 0 Å². The fourth-order valence-corrected chi connectivity index (χ4v) is 2.26. The Labute approximate surface area is 149 Å². The number of guanidine groups is 1. The maximum absolute atomic E-state index is 5.79. The van der Waals surface area contributed by atoms with Gasteiger partial charge in [0.1, 0.15) is 18.9 Å². The van der Waals surface area contributed by atoms with Crippen LogP contribution in [0.2, 0.25) is 0 Å². The molecule has 2 aromatic rings. The number of aliphatic imine (C=N–C) groups is 1. The molecule has 0 bridgehead atoms. The Kier molecular flexibility index (Phi) is 7.32. The first-order valence-corrected chi connectivity index (χ1v) is 8.75. The Morgan fingerprint density at radius 1 is 1.28 bits per heavy atom. The molecular formula is C19H28N4O2. The van der Waals surface area contributed by atoms with E-state index in [0.29, 0.717) is 13.2 Å². The maximum atomic E-state index is 5.79. The van der Waals surface area contributed by atoms with Gasteiger partial charge in [0, 0.05) is 19.7 Å². The van der Waals surface area contributed by atoms with Gasteiger partial charge in [0.25, 0.3) is 0 Å². The van der Waals surface area contributed by atoms with Gasteiger partial charge in [0.05, 0.1) is 12.2 Å². The Morgan fingerprint density at radius 2 is 2.04 bits per heavy atom. The fourth-order valence-electron chi connectivity index (χ4n) is 2.26. The van der Waals surface area contributed by atoms with E-state index in [4.69, 9.17) is 9.26 Å². The molecule has 2 rings (SSSR count). The molecule has 0 aliphatic rings. The Hall–Kier alpha value is -2.50. The third kappa shape index (κ3) is 6.14. The minimum absolute atomic E-state index is 0.471. The van der Waals surface area contributed by atoms with Crippen molar-refractivity contribution >= 4 is 5.96 Å². The highest BCUT2D eigenvalue weighted by atomic mass is 16.5. The van der Waals surface area contributed by atoms with Crippen LogP contribution in [-0.2, 0) is 13.0 Å². The average Bonchev–Trinajstić information content (AvgIpc) is 3.08. The number of benzene rings is 1. The molecule has 25 heavy (non-hydrogen) atoms. The van der Waals surface area contributed by atoms with Crippen LogP contribution in [0.15, 0.2) is 39.8 Å². The number of nitrogens with zero attached hydrogens (tertiary/aromatic N) is 3. The summed E-state index contributed by atoms with van der Waals surface area (Å²) in [5.74, 6) is 2.48. The van der Waals surface area contributed by atoms with Gasteiger partial charge in [-0.3, -0.25) is 0 Å². The predicted octanol–water partition coefficient (Wildman–Crippen LogP) is 3.02. The number of nitrogens with one attached hydrogen (secondary N) is 1. The lowest BCUT2D eigenvalue weighted by Crippen LogP contribution is -2.40. The number of hydrogen-bond donors (Lipinski definition) is 1. The molecule has 0 unspecified atom stereocenters. The smallest absolute Gasteiger partial charge is 0.194 e. The van der Waals surface area contributed by atoms with Gasteiger partial charge in [-0.1, -0.05) is 29.8 Å². The summed E-state index contributed by atoms with van der Waals surface area (Å²) in [6.07, 6.45) is 0.865. The van der Waals surface area contributed by atoms with E-state index in [-0.39, 0.29) is 0 Å². The third-order valence-corrected chi connectivity index (χ3v) is 3.77. The van der Waals surface area contributed by atoms with Gasteiger partial charge in [-0.05, 0) is 32.4 Å². The number of aryl methyl sites for hydroxylation is 2. The van der Waals surface area contributed by atoms with Crippen molar-refractivity contribution in [2.45, 2.75) is 33.7 Å². The molecule has 1 N–H and O–H groups in total. The molecule has 0 aliphatic heterocycles. The summed E-state index contributed by atoms with van der Waals surface area (Å²) in [5, 5.41) is 7.28. The molecule has 0 fully saturated rings. The summed E-state index contributed by atoms with van der Waals surface area (Å²) in [6.45, 7) is 8.76. The number of hydrogen-bond acceptors (Lipinski definition) is 4. The molecule has 1 aromatic heterocycles. The Balaban J connectivity index is 1.86. The second-order valence-corrected chi connectivity index (χ2v) is 5.89. The van der Waals surface area contributed by atoms with Crippen LogP contribution in [0.3, 0.4) is 0 Å². The molecule has 0 saturated carbocycles. The molecule has 1 heterocycles. The molecule has 0 radical (unpaired) electrons. The third-order valence-electron chi connectivity index (χ3n) is 3.77. The van der Waals surface area contributed by atoms with Crippen LogP contribution in [-0.4, -0.2) is 42.8 Å². The number of aromatic nitrogens is 1. The number of likely N-dealkylation sites (N-methyl/N-ethyl adjacent to an activating group) is 1. The Bertz CT molecular complexity index is 664. The lowest BCUT2D eigenvalue weighted by atomic mass is 10.2. The lowest BCUT2D eigenvalue weighted by Gasteiger charge is -2.22. The van der Waals surface area contributed by atoms with Crippen molar-refractivity contribution in [1.29, 1.82) is 0 Å². The molecule has 6 heteroatoms. The highest BCUT2D eigenvalue weighted by Gasteiger charge is 2.07. The van der Waals surface area contributed by atoms with Crippen LogP contribution in [0.1, 0.15) is 30.9 Å². The highest BCUT2D eigenvalue weighted by Crippen LogP contribution is 2.11. The van der Waals surface area contributed by atoms with Crippen molar-refractivity contribution in [2.75, 3.05) is 26.7 Å². The topological polar surface area (TPSA) is 62.9 Å². The van der Waals surface area contributed by atoms with Gasteiger partial charge >= 0.3 is 0 Å².